The predicted octanol–water partition coefficient (Wildman–Crippen LogP) is 3.16. The third kappa shape index (κ3) is 3.91. The van der Waals surface area contributed by atoms with Gasteiger partial charge in [-0.3, -0.25) is 4.90 Å². The van der Waals surface area contributed by atoms with Crippen molar-refractivity contribution in [2.24, 2.45) is 0 Å². The Kier molecular flexibility index (Phi) is 4.94. The monoisotopic (exact) mass is 316 g/mol. The van der Waals surface area contributed by atoms with Crippen LogP contribution >= 0.6 is 11.6 Å². The van der Waals surface area contributed by atoms with Gasteiger partial charge < -0.3 is 9.53 Å². The Morgan fingerprint density at radius 3 is 2.48 bits per heavy atom. The number of hydrogen-bond donors (Lipinski definition) is 0. The first-order chi connectivity index (χ1) is 9.51. The second-order valence-corrected chi connectivity index (χ2v) is 6.15. The van der Waals surface area contributed by atoms with Crippen LogP contribution in [-0.4, -0.2) is 34.9 Å². The van der Waals surface area contributed by atoms with Crippen molar-refractivity contribution >= 4 is 24.0 Å². The summed E-state index contributed by atoms with van der Waals surface area (Å²) in [5.41, 5.74) is -2.12. The lowest BCUT2D eigenvalue weighted by Crippen LogP contribution is -2.48. The molecule has 1 aromatic rings. The van der Waals surface area contributed by atoms with Crippen LogP contribution in [0.5, 0.6) is 0 Å². The van der Waals surface area contributed by atoms with E-state index in [0.717, 1.165) is 17.2 Å². The highest BCUT2D eigenvalue weighted by molar-refractivity contribution is 6.30. The molecule has 0 aromatic carbocycles. The lowest BCUT2D eigenvalue weighted by molar-refractivity contribution is -0.117. The SMILES string of the molecule is CN(C(=O)OC(C)(C)C)C(C)(C=O)c1cc(F)cnc1Cl. The van der Waals surface area contributed by atoms with Crippen LogP contribution in [0.4, 0.5) is 9.18 Å². The summed E-state index contributed by atoms with van der Waals surface area (Å²) in [5.74, 6) is -0.653. The van der Waals surface area contributed by atoms with E-state index < -0.39 is 23.1 Å². The fourth-order valence-electron chi connectivity index (χ4n) is 1.62. The third-order valence-electron chi connectivity index (χ3n) is 2.94. The summed E-state index contributed by atoms with van der Waals surface area (Å²) in [6.45, 7) is 6.54. The normalized spacial score (nSPS) is 14.2. The van der Waals surface area contributed by atoms with Gasteiger partial charge in [0.2, 0.25) is 0 Å². The molecule has 1 amide bonds. The van der Waals surface area contributed by atoms with Gasteiger partial charge in [-0.15, -0.1) is 0 Å². The van der Waals surface area contributed by atoms with E-state index in [2.05, 4.69) is 4.98 Å². The van der Waals surface area contributed by atoms with Crippen LogP contribution in [0.1, 0.15) is 33.3 Å². The quantitative estimate of drug-likeness (QED) is 0.635. The number of carbonyl (C=O) groups excluding carboxylic acids is 2. The van der Waals surface area contributed by atoms with Crippen LogP contribution in [0, 0.1) is 5.82 Å². The number of nitrogens with zero attached hydrogens (tertiary/aromatic N) is 2. The second kappa shape index (κ2) is 5.97. The van der Waals surface area contributed by atoms with Crippen molar-refractivity contribution in [1.82, 2.24) is 9.88 Å². The number of aromatic nitrogens is 1. The molecule has 1 rings (SSSR count). The molecule has 0 fully saturated rings. The zero-order chi connectivity index (χ0) is 16.4. The third-order valence-corrected chi connectivity index (χ3v) is 3.25. The smallest absolute Gasteiger partial charge is 0.411 e. The van der Waals surface area contributed by atoms with Gasteiger partial charge in [-0.2, -0.15) is 0 Å². The van der Waals surface area contributed by atoms with Crippen LogP contribution < -0.4 is 0 Å². The average Bonchev–Trinajstić information content (AvgIpc) is 2.37. The lowest BCUT2D eigenvalue weighted by Gasteiger charge is -2.35. The zero-order valence-corrected chi connectivity index (χ0v) is 13.4. The number of aldehydes is 1. The Balaban J connectivity index is 3.23. The molecule has 1 heterocycles. The number of pyridine rings is 1. The number of halogens is 2. The molecule has 7 heteroatoms. The van der Waals surface area contributed by atoms with E-state index in [9.17, 15) is 14.0 Å². The Bertz CT molecular complexity index is 560. The molecule has 0 radical (unpaired) electrons. The van der Waals surface area contributed by atoms with Gasteiger partial charge in [-0.25, -0.2) is 14.2 Å². The summed E-state index contributed by atoms with van der Waals surface area (Å²) in [5, 5.41) is -0.0543. The van der Waals surface area contributed by atoms with Crippen LogP contribution in [-0.2, 0) is 15.1 Å². The number of amides is 1. The summed E-state index contributed by atoms with van der Waals surface area (Å²) in [7, 11) is 1.38. The number of ether oxygens (including phenoxy) is 1. The van der Waals surface area contributed by atoms with Crippen LogP contribution in [0.3, 0.4) is 0 Å². The van der Waals surface area contributed by atoms with Gasteiger partial charge >= 0.3 is 6.09 Å². The summed E-state index contributed by atoms with van der Waals surface area (Å²) >= 11 is 5.93. The highest BCUT2D eigenvalue weighted by Gasteiger charge is 2.39. The van der Waals surface area contributed by atoms with Crippen LogP contribution in [0.15, 0.2) is 12.3 Å². The molecule has 0 aliphatic heterocycles. The summed E-state index contributed by atoms with van der Waals surface area (Å²) < 4.78 is 18.6. The van der Waals surface area contributed by atoms with E-state index in [0.29, 0.717) is 6.29 Å². The number of rotatable bonds is 3. The first-order valence-corrected chi connectivity index (χ1v) is 6.63. The van der Waals surface area contributed by atoms with Crippen molar-refractivity contribution in [1.29, 1.82) is 0 Å². The topological polar surface area (TPSA) is 59.5 Å². The summed E-state index contributed by atoms with van der Waals surface area (Å²) in [6.07, 6.45) is 0.710. The Labute approximate surface area is 128 Å². The van der Waals surface area contributed by atoms with Crippen molar-refractivity contribution in [3.05, 3.63) is 28.8 Å². The Morgan fingerprint density at radius 1 is 1.43 bits per heavy atom. The largest absolute Gasteiger partial charge is 0.444 e. The van der Waals surface area contributed by atoms with E-state index in [-0.39, 0.29) is 10.7 Å². The molecule has 0 saturated heterocycles. The Morgan fingerprint density at radius 2 is 2.00 bits per heavy atom. The van der Waals surface area contributed by atoms with E-state index in [1.807, 2.05) is 0 Å². The van der Waals surface area contributed by atoms with Crippen molar-refractivity contribution < 1.29 is 18.7 Å². The fourth-order valence-corrected chi connectivity index (χ4v) is 1.92. The maximum Gasteiger partial charge on any atom is 0.411 e. The minimum absolute atomic E-state index is 0.0543. The number of carbonyl (C=O) groups is 2. The van der Waals surface area contributed by atoms with E-state index in [1.165, 1.54) is 14.0 Å². The van der Waals surface area contributed by atoms with Gasteiger partial charge in [0.15, 0.2) is 0 Å². The van der Waals surface area contributed by atoms with Crippen LogP contribution in [0.25, 0.3) is 0 Å². The maximum absolute atomic E-state index is 13.4. The van der Waals surface area contributed by atoms with Crippen molar-refractivity contribution in [2.45, 2.75) is 38.8 Å². The molecule has 116 valence electrons. The Hall–Kier alpha value is -1.69. The van der Waals surface area contributed by atoms with E-state index >= 15 is 0 Å². The molecular weight excluding hydrogens is 299 g/mol. The first-order valence-electron chi connectivity index (χ1n) is 6.26. The molecule has 1 atom stereocenters. The summed E-state index contributed by atoms with van der Waals surface area (Å²) in [6, 6.07) is 1.07. The molecule has 1 aromatic heterocycles. The molecule has 0 saturated carbocycles. The van der Waals surface area contributed by atoms with Gasteiger partial charge in [0, 0.05) is 12.6 Å². The van der Waals surface area contributed by atoms with Gasteiger partial charge in [0.1, 0.15) is 28.4 Å². The molecule has 21 heavy (non-hydrogen) atoms. The fraction of sp³-hybridized carbons (Fsp3) is 0.500. The highest BCUT2D eigenvalue weighted by atomic mass is 35.5. The van der Waals surface area contributed by atoms with Crippen molar-refractivity contribution in [3.8, 4) is 0 Å². The lowest BCUT2D eigenvalue weighted by atomic mass is 9.93. The molecule has 1 unspecified atom stereocenters. The molecule has 0 spiro atoms. The molecule has 5 nitrogen and oxygen atoms in total. The molecular formula is C14H18ClFN2O3. The van der Waals surface area contributed by atoms with Gasteiger partial charge in [0.05, 0.1) is 6.20 Å². The highest BCUT2D eigenvalue weighted by Crippen LogP contribution is 2.31. The first kappa shape index (κ1) is 17.4. The zero-order valence-electron chi connectivity index (χ0n) is 12.6. The standard InChI is InChI=1S/C14H18ClFN2O3/c1-13(2,3)21-12(20)18(5)14(4,8-19)10-6-9(16)7-17-11(10)15/h6-8H,1-5H3. The summed E-state index contributed by atoms with van der Waals surface area (Å²) in [4.78, 5) is 28.4. The second-order valence-electron chi connectivity index (χ2n) is 5.80. The molecule has 0 N–H and O–H groups in total. The van der Waals surface area contributed by atoms with Crippen molar-refractivity contribution in [2.75, 3.05) is 7.05 Å². The predicted molar refractivity (Wildman–Crippen MR) is 76.6 cm³/mol. The molecule has 0 aliphatic carbocycles. The van der Waals surface area contributed by atoms with Crippen molar-refractivity contribution in [3.63, 3.8) is 0 Å². The average molecular weight is 317 g/mol. The van der Waals surface area contributed by atoms with E-state index in [4.69, 9.17) is 16.3 Å². The molecule has 0 aliphatic rings. The number of likely N-dealkylation sites (N-methyl/N-ethyl adjacent to an activating group) is 1. The van der Waals surface area contributed by atoms with E-state index in [1.54, 1.807) is 20.8 Å². The van der Waals surface area contributed by atoms with Crippen LogP contribution in [0.2, 0.25) is 5.15 Å². The van der Waals surface area contributed by atoms with Gasteiger partial charge in [-0.05, 0) is 33.8 Å². The maximum atomic E-state index is 13.4. The number of hydrogen-bond acceptors (Lipinski definition) is 4. The molecule has 0 bridgehead atoms. The van der Waals surface area contributed by atoms with Gasteiger partial charge in [0.25, 0.3) is 0 Å². The van der Waals surface area contributed by atoms with Gasteiger partial charge in [-0.1, -0.05) is 11.6 Å². The minimum atomic E-state index is -1.49. The minimum Gasteiger partial charge on any atom is -0.444 e.